The number of ether oxygens (including phenoxy) is 1. The topological polar surface area (TPSA) is 9.23 Å². The smallest absolute Gasteiger partial charge is 0.123 e. The molecule has 0 unspecified atom stereocenters. The molecule has 0 heterocycles. The van der Waals surface area contributed by atoms with Gasteiger partial charge in [0.15, 0.2) is 0 Å². The van der Waals surface area contributed by atoms with Gasteiger partial charge in [-0.25, -0.2) is 0 Å². The van der Waals surface area contributed by atoms with Crippen molar-refractivity contribution in [2.75, 3.05) is 6.61 Å². The molecule has 0 N–H and O–H groups in total. The monoisotopic (exact) mass is 266 g/mol. The number of hydrogen-bond donors (Lipinski definition) is 0. The van der Waals surface area contributed by atoms with E-state index in [1.807, 2.05) is 13.8 Å². The van der Waals surface area contributed by atoms with Gasteiger partial charge in [-0.05, 0) is 62.8 Å². The molecule has 0 aliphatic rings. The molecule has 2 heteroatoms. The number of benzene rings is 1. The predicted octanol–water partition coefficient (Wildman–Crippen LogP) is 5.25. The van der Waals surface area contributed by atoms with Crippen molar-refractivity contribution in [1.82, 2.24) is 0 Å². The second kappa shape index (κ2) is 7.48. The molecule has 0 aliphatic carbocycles. The molecule has 0 saturated carbocycles. The Morgan fingerprint density at radius 3 is 2.67 bits per heavy atom. The molecule has 18 heavy (non-hydrogen) atoms. The molecule has 0 saturated heterocycles. The Morgan fingerprint density at radius 2 is 2.06 bits per heavy atom. The molecule has 1 nitrogen and oxygen atoms in total. The van der Waals surface area contributed by atoms with Gasteiger partial charge in [0.05, 0.1) is 6.61 Å². The van der Waals surface area contributed by atoms with E-state index < -0.39 is 0 Å². The first-order valence-corrected chi connectivity index (χ1v) is 7.02. The van der Waals surface area contributed by atoms with E-state index in [1.165, 1.54) is 5.56 Å². The van der Waals surface area contributed by atoms with Crippen LogP contribution in [0.15, 0.2) is 18.2 Å². The third-order valence-corrected chi connectivity index (χ3v) is 3.61. The molecular formula is C16H23ClO. The van der Waals surface area contributed by atoms with E-state index >= 15 is 0 Å². The Labute approximate surface area is 116 Å². The molecule has 0 bridgehead atoms. The molecule has 0 amide bonds. The first-order valence-electron chi connectivity index (χ1n) is 6.64. The van der Waals surface area contributed by atoms with Gasteiger partial charge in [0.2, 0.25) is 0 Å². The lowest BCUT2D eigenvalue weighted by Crippen LogP contribution is -2.02. The fourth-order valence-electron chi connectivity index (χ4n) is 2.01. The summed E-state index contributed by atoms with van der Waals surface area (Å²) < 4.78 is 5.85. The number of aryl methyl sites for hydroxylation is 1. The van der Waals surface area contributed by atoms with E-state index in [0.29, 0.717) is 0 Å². The van der Waals surface area contributed by atoms with Crippen molar-refractivity contribution in [2.45, 2.75) is 47.0 Å². The minimum absolute atomic E-state index is 0.761. The first kappa shape index (κ1) is 15.1. The van der Waals surface area contributed by atoms with Crippen molar-refractivity contribution in [3.63, 3.8) is 0 Å². The number of halogens is 1. The summed E-state index contributed by atoms with van der Waals surface area (Å²) in [5.74, 6) is 1.00. The van der Waals surface area contributed by atoms with E-state index in [0.717, 1.165) is 47.8 Å². The van der Waals surface area contributed by atoms with Gasteiger partial charge in [-0.1, -0.05) is 30.7 Å². The lowest BCUT2D eigenvalue weighted by molar-refractivity contribution is 0.313. The van der Waals surface area contributed by atoms with Crippen molar-refractivity contribution >= 4 is 11.6 Å². The molecule has 0 radical (unpaired) electrons. The quantitative estimate of drug-likeness (QED) is 0.639. The number of rotatable bonds is 6. The van der Waals surface area contributed by atoms with Crippen molar-refractivity contribution in [3.05, 3.63) is 39.9 Å². The summed E-state index contributed by atoms with van der Waals surface area (Å²) in [6, 6.07) is 2.07. The summed E-state index contributed by atoms with van der Waals surface area (Å²) in [5, 5.41) is 0.870. The maximum absolute atomic E-state index is 6.33. The Bertz CT molecular complexity index is 422. The van der Waals surface area contributed by atoms with Gasteiger partial charge >= 0.3 is 0 Å². The van der Waals surface area contributed by atoms with Crippen LogP contribution in [0.2, 0.25) is 5.02 Å². The lowest BCUT2D eigenvalue weighted by atomic mass is 10.00. The van der Waals surface area contributed by atoms with Crippen LogP contribution in [0.1, 0.15) is 43.4 Å². The Morgan fingerprint density at radius 1 is 1.33 bits per heavy atom. The largest absolute Gasteiger partial charge is 0.493 e. The highest BCUT2D eigenvalue weighted by Crippen LogP contribution is 2.32. The minimum Gasteiger partial charge on any atom is -0.493 e. The average Bonchev–Trinajstić information content (AvgIpc) is 2.37. The molecule has 0 spiro atoms. The summed E-state index contributed by atoms with van der Waals surface area (Å²) in [6.45, 7) is 9.04. The molecule has 0 aliphatic heterocycles. The third kappa shape index (κ3) is 3.78. The Hall–Kier alpha value is -0.950. The van der Waals surface area contributed by atoms with Crippen LogP contribution < -0.4 is 4.74 Å². The molecular weight excluding hydrogens is 244 g/mol. The summed E-state index contributed by atoms with van der Waals surface area (Å²) >= 11 is 6.33. The van der Waals surface area contributed by atoms with Crippen LogP contribution in [-0.2, 0) is 6.42 Å². The second-order valence-electron chi connectivity index (χ2n) is 4.57. The van der Waals surface area contributed by atoms with Crippen LogP contribution in [0, 0.1) is 13.8 Å². The maximum atomic E-state index is 6.33. The van der Waals surface area contributed by atoms with Crippen molar-refractivity contribution < 1.29 is 4.74 Å². The standard InChI is InChI=1S/C16H23ClO/c1-5-7-8-9-14-13(4)16(17)12(3)11-15(14)18-10-6-2/h5,7,11H,6,8-10H2,1-4H3/b7-5-. The van der Waals surface area contributed by atoms with Crippen LogP contribution >= 0.6 is 11.6 Å². The van der Waals surface area contributed by atoms with Crippen LogP contribution in [0.4, 0.5) is 0 Å². The fraction of sp³-hybridized carbons (Fsp3) is 0.500. The number of allylic oxidation sites excluding steroid dienone is 2. The maximum Gasteiger partial charge on any atom is 0.123 e. The highest BCUT2D eigenvalue weighted by Gasteiger charge is 2.12. The van der Waals surface area contributed by atoms with Gasteiger partial charge in [0.1, 0.15) is 5.75 Å². The fourth-order valence-corrected chi connectivity index (χ4v) is 2.17. The average molecular weight is 267 g/mol. The van der Waals surface area contributed by atoms with Gasteiger partial charge in [0, 0.05) is 5.02 Å². The van der Waals surface area contributed by atoms with E-state index in [2.05, 4.69) is 32.1 Å². The summed E-state index contributed by atoms with van der Waals surface area (Å²) in [7, 11) is 0. The highest BCUT2D eigenvalue weighted by molar-refractivity contribution is 6.32. The zero-order valence-electron chi connectivity index (χ0n) is 11.8. The SMILES string of the molecule is C/C=C\CCc1c(OCCC)cc(C)c(Cl)c1C. The van der Waals surface area contributed by atoms with Gasteiger partial charge in [0.25, 0.3) is 0 Å². The Balaban J connectivity index is 3.04. The van der Waals surface area contributed by atoms with Gasteiger partial charge in [-0.3, -0.25) is 0 Å². The summed E-state index contributed by atoms with van der Waals surface area (Å²) in [6.07, 6.45) is 7.29. The van der Waals surface area contributed by atoms with E-state index in [-0.39, 0.29) is 0 Å². The van der Waals surface area contributed by atoms with E-state index in [4.69, 9.17) is 16.3 Å². The highest BCUT2D eigenvalue weighted by atomic mass is 35.5. The lowest BCUT2D eigenvalue weighted by Gasteiger charge is -2.16. The van der Waals surface area contributed by atoms with Crippen LogP contribution in [0.25, 0.3) is 0 Å². The normalized spacial score (nSPS) is 11.2. The van der Waals surface area contributed by atoms with E-state index in [9.17, 15) is 0 Å². The minimum atomic E-state index is 0.761. The number of hydrogen-bond acceptors (Lipinski definition) is 1. The molecule has 1 rings (SSSR count). The summed E-state index contributed by atoms with van der Waals surface area (Å²) in [5.41, 5.74) is 3.50. The molecule has 100 valence electrons. The third-order valence-electron chi connectivity index (χ3n) is 3.03. The zero-order chi connectivity index (χ0) is 13.5. The molecule has 0 fully saturated rings. The molecule has 0 atom stereocenters. The Kier molecular flexibility index (Phi) is 6.28. The van der Waals surface area contributed by atoms with Gasteiger partial charge in [-0.15, -0.1) is 0 Å². The van der Waals surface area contributed by atoms with Crippen molar-refractivity contribution in [1.29, 1.82) is 0 Å². The molecule has 1 aromatic carbocycles. The summed E-state index contributed by atoms with van der Waals surface area (Å²) in [4.78, 5) is 0. The van der Waals surface area contributed by atoms with Gasteiger partial charge in [-0.2, -0.15) is 0 Å². The van der Waals surface area contributed by atoms with E-state index in [1.54, 1.807) is 0 Å². The van der Waals surface area contributed by atoms with Crippen LogP contribution in [0.5, 0.6) is 5.75 Å². The van der Waals surface area contributed by atoms with Gasteiger partial charge < -0.3 is 4.74 Å². The molecule has 1 aromatic rings. The molecule has 0 aromatic heterocycles. The zero-order valence-corrected chi connectivity index (χ0v) is 12.6. The predicted molar refractivity (Wildman–Crippen MR) is 79.8 cm³/mol. The first-order chi connectivity index (χ1) is 8.61. The van der Waals surface area contributed by atoms with Crippen molar-refractivity contribution in [2.24, 2.45) is 0 Å². The second-order valence-corrected chi connectivity index (χ2v) is 4.94. The van der Waals surface area contributed by atoms with Crippen LogP contribution in [-0.4, -0.2) is 6.61 Å². The van der Waals surface area contributed by atoms with Crippen molar-refractivity contribution in [3.8, 4) is 5.75 Å². The van der Waals surface area contributed by atoms with Crippen LogP contribution in [0.3, 0.4) is 0 Å².